The molecule has 0 spiro atoms. The summed E-state index contributed by atoms with van der Waals surface area (Å²) in [6, 6.07) is 32.2. The van der Waals surface area contributed by atoms with Crippen LogP contribution in [-0.4, -0.2) is 0 Å². The molecule has 0 aliphatic heterocycles. The molecular formula is C19H16. The molecule has 0 amide bonds. The van der Waals surface area contributed by atoms with Gasteiger partial charge in [0, 0.05) is 0 Å². The molecule has 0 aromatic heterocycles. The van der Waals surface area contributed by atoms with Crippen LogP contribution in [0.4, 0.5) is 0 Å². The highest BCUT2D eigenvalue weighted by atomic mass is 14.0. The Morgan fingerprint density at radius 1 is 0.684 bits per heavy atom. The number of rotatable bonds is 1. The normalized spacial score (nSPS) is 9.32. The van der Waals surface area contributed by atoms with Gasteiger partial charge in [-0.25, -0.2) is 0 Å². The quantitative estimate of drug-likeness (QED) is 0.568. The molecule has 0 fully saturated rings. The maximum atomic E-state index is 3.20. The Bertz CT molecular complexity index is 539. The molecule has 3 aromatic rings. The third-order valence-corrected chi connectivity index (χ3v) is 2.68. The Morgan fingerprint density at radius 3 is 1.84 bits per heavy atom. The molecule has 0 bridgehead atoms. The molecular weight excluding hydrogens is 228 g/mol. The lowest BCUT2D eigenvalue weighted by Crippen LogP contribution is -1.77. The summed E-state index contributed by atoms with van der Waals surface area (Å²) < 4.78 is 0. The molecule has 3 rings (SSSR count). The molecule has 2 radical (unpaired) electrons. The second-order valence-corrected chi connectivity index (χ2v) is 4.22. The average Bonchev–Trinajstić information content (AvgIpc) is 2.51. The van der Waals surface area contributed by atoms with Crippen LogP contribution in [0.2, 0.25) is 0 Å². The van der Waals surface area contributed by atoms with Crippen molar-refractivity contribution in [2.75, 3.05) is 0 Å². The minimum atomic E-state index is 1.16. The van der Waals surface area contributed by atoms with Crippen LogP contribution in [-0.2, 0) is 0 Å². The predicted molar refractivity (Wildman–Crippen MR) is 80.7 cm³/mol. The molecule has 0 saturated heterocycles. The Balaban J connectivity index is 0.000000186. The van der Waals surface area contributed by atoms with Crippen LogP contribution in [0.15, 0.2) is 78.9 Å². The summed E-state index contributed by atoms with van der Waals surface area (Å²) >= 11 is 0. The molecule has 3 aromatic carbocycles. The molecule has 0 aliphatic carbocycles. The van der Waals surface area contributed by atoms with E-state index in [9.17, 15) is 0 Å². The van der Waals surface area contributed by atoms with Gasteiger partial charge in [0.1, 0.15) is 0 Å². The minimum absolute atomic E-state index is 1.16. The van der Waals surface area contributed by atoms with Crippen LogP contribution in [0.5, 0.6) is 0 Å². The van der Waals surface area contributed by atoms with E-state index in [4.69, 9.17) is 0 Å². The van der Waals surface area contributed by atoms with E-state index in [2.05, 4.69) is 49.4 Å². The number of benzene rings is 3. The average molecular weight is 244 g/mol. The SMILES string of the molecule is Cc1ccc(-c2[c]cccc2)cc1.[c]1ccccc1. The summed E-state index contributed by atoms with van der Waals surface area (Å²) in [5, 5.41) is 0. The lowest BCUT2D eigenvalue weighted by atomic mass is 10.0. The molecule has 0 heterocycles. The monoisotopic (exact) mass is 244 g/mol. The first-order valence-electron chi connectivity index (χ1n) is 6.31. The third-order valence-electron chi connectivity index (χ3n) is 2.68. The van der Waals surface area contributed by atoms with Gasteiger partial charge < -0.3 is 0 Å². The molecule has 0 heteroatoms. The fraction of sp³-hybridized carbons (Fsp3) is 0.0526. The second kappa shape index (κ2) is 7.17. The first kappa shape index (κ1) is 13.1. The van der Waals surface area contributed by atoms with Gasteiger partial charge in [0.05, 0.1) is 0 Å². The van der Waals surface area contributed by atoms with Gasteiger partial charge in [0.2, 0.25) is 0 Å². The molecule has 92 valence electrons. The van der Waals surface area contributed by atoms with Gasteiger partial charge in [0.15, 0.2) is 0 Å². The molecule has 0 N–H and O–H groups in total. The van der Waals surface area contributed by atoms with Crippen LogP contribution in [0.1, 0.15) is 5.56 Å². The zero-order valence-electron chi connectivity index (χ0n) is 11.0. The maximum Gasteiger partial charge on any atom is -0.00992 e. The van der Waals surface area contributed by atoms with Gasteiger partial charge in [-0.1, -0.05) is 84.4 Å². The van der Waals surface area contributed by atoms with Crippen molar-refractivity contribution in [2.45, 2.75) is 6.92 Å². The second-order valence-electron chi connectivity index (χ2n) is 4.22. The van der Waals surface area contributed by atoms with Gasteiger partial charge in [0.25, 0.3) is 0 Å². The molecule has 19 heavy (non-hydrogen) atoms. The van der Waals surface area contributed by atoms with Crippen molar-refractivity contribution in [1.29, 1.82) is 0 Å². The Kier molecular flexibility index (Phi) is 4.95. The number of hydrogen-bond donors (Lipinski definition) is 0. The van der Waals surface area contributed by atoms with E-state index in [1.54, 1.807) is 0 Å². The van der Waals surface area contributed by atoms with Crippen LogP contribution < -0.4 is 0 Å². The van der Waals surface area contributed by atoms with Crippen molar-refractivity contribution in [2.24, 2.45) is 0 Å². The highest BCUT2D eigenvalue weighted by molar-refractivity contribution is 5.62. The molecule has 0 aliphatic rings. The van der Waals surface area contributed by atoms with Gasteiger partial charge >= 0.3 is 0 Å². The van der Waals surface area contributed by atoms with Crippen molar-refractivity contribution in [3.8, 4) is 11.1 Å². The zero-order chi connectivity index (χ0) is 13.3. The van der Waals surface area contributed by atoms with Crippen LogP contribution >= 0.6 is 0 Å². The van der Waals surface area contributed by atoms with Crippen molar-refractivity contribution in [3.05, 3.63) is 96.6 Å². The Morgan fingerprint density at radius 2 is 1.37 bits per heavy atom. The molecule has 0 atom stereocenters. The van der Waals surface area contributed by atoms with E-state index in [0.29, 0.717) is 0 Å². The molecule has 0 nitrogen and oxygen atoms in total. The fourth-order valence-electron chi connectivity index (χ4n) is 1.65. The first-order chi connectivity index (χ1) is 9.36. The first-order valence-corrected chi connectivity index (χ1v) is 6.31. The van der Waals surface area contributed by atoms with E-state index in [1.807, 2.05) is 48.5 Å². The lowest BCUT2D eigenvalue weighted by Gasteiger charge is -2.00. The van der Waals surface area contributed by atoms with Gasteiger partial charge in [-0.05, 0) is 30.2 Å². The van der Waals surface area contributed by atoms with Crippen molar-refractivity contribution in [3.63, 3.8) is 0 Å². The van der Waals surface area contributed by atoms with Crippen molar-refractivity contribution in [1.82, 2.24) is 0 Å². The van der Waals surface area contributed by atoms with E-state index in [0.717, 1.165) is 5.56 Å². The smallest absolute Gasteiger partial charge is 0.00992 e. The van der Waals surface area contributed by atoms with Gasteiger partial charge in [-0.3, -0.25) is 0 Å². The highest BCUT2D eigenvalue weighted by Crippen LogP contribution is 2.18. The molecule has 0 unspecified atom stereocenters. The van der Waals surface area contributed by atoms with Crippen molar-refractivity contribution >= 4 is 0 Å². The van der Waals surface area contributed by atoms with Gasteiger partial charge in [-0.2, -0.15) is 0 Å². The summed E-state index contributed by atoms with van der Waals surface area (Å²) in [6.07, 6.45) is 0. The Labute approximate surface area is 115 Å². The topological polar surface area (TPSA) is 0 Å². The fourth-order valence-corrected chi connectivity index (χ4v) is 1.65. The summed E-state index contributed by atoms with van der Waals surface area (Å²) in [7, 11) is 0. The van der Waals surface area contributed by atoms with Crippen LogP contribution in [0.3, 0.4) is 0 Å². The van der Waals surface area contributed by atoms with Crippen LogP contribution in [0, 0.1) is 19.1 Å². The zero-order valence-corrected chi connectivity index (χ0v) is 11.0. The standard InChI is InChI=1S/C13H11.C6H5/c1-11-7-9-13(10-8-11)12-5-3-2-4-6-12;1-2-4-6-5-3-1/h2-5,7-10H,1H3;1-5H. The van der Waals surface area contributed by atoms with Crippen LogP contribution in [0.25, 0.3) is 11.1 Å². The molecule has 0 saturated carbocycles. The van der Waals surface area contributed by atoms with E-state index < -0.39 is 0 Å². The summed E-state index contributed by atoms with van der Waals surface area (Å²) in [6.45, 7) is 2.10. The van der Waals surface area contributed by atoms with Gasteiger partial charge in [-0.15, -0.1) is 0 Å². The van der Waals surface area contributed by atoms with E-state index in [-0.39, 0.29) is 0 Å². The summed E-state index contributed by atoms with van der Waals surface area (Å²) in [5.41, 5.74) is 3.67. The summed E-state index contributed by atoms with van der Waals surface area (Å²) in [5.74, 6) is 0. The largest absolute Gasteiger partial charge is 0.0622 e. The predicted octanol–water partition coefficient (Wildman–Crippen LogP) is 4.95. The van der Waals surface area contributed by atoms with E-state index in [1.165, 1.54) is 11.1 Å². The number of aryl methyl sites for hydroxylation is 1. The Hall–Kier alpha value is -2.34. The minimum Gasteiger partial charge on any atom is -0.0622 e. The number of hydrogen-bond acceptors (Lipinski definition) is 0. The third kappa shape index (κ3) is 4.44. The van der Waals surface area contributed by atoms with E-state index >= 15 is 0 Å². The summed E-state index contributed by atoms with van der Waals surface area (Å²) in [4.78, 5) is 0. The highest BCUT2D eigenvalue weighted by Gasteiger charge is 1.94. The maximum absolute atomic E-state index is 3.20. The van der Waals surface area contributed by atoms with Crippen molar-refractivity contribution < 1.29 is 0 Å². The lowest BCUT2D eigenvalue weighted by molar-refractivity contribution is 1.47.